The lowest BCUT2D eigenvalue weighted by atomic mass is 10.0. The molecule has 0 aromatic heterocycles. The summed E-state index contributed by atoms with van der Waals surface area (Å²) in [6.45, 7) is 12.0. The fraction of sp³-hybridized carbons (Fsp3) is 0.727. The monoisotopic (exact) mass is 480 g/mol. The summed E-state index contributed by atoms with van der Waals surface area (Å²) >= 11 is 0. The zero-order valence-electron chi connectivity index (χ0n) is 19.6. The third-order valence-corrected chi connectivity index (χ3v) is 7.77. The molecule has 0 radical (unpaired) electrons. The van der Waals surface area contributed by atoms with Crippen LogP contribution in [0.1, 0.15) is 51.4 Å². The number of nitrogens with zero attached hydrogens (tertiary/aromatic N) is 5. The predicted molar refractivity (Wildman–Crippen MR) is 122 cm³/mol. The normalized spacial score (nSPS) is 21.5. The Morgan fingerprint density at radius 1 is 0.529 bits per heavy atom. The van der Waals surface area contributed by atoms with E-state index in [0.717, 1.165) is 0 Å². The Morgan fingerprint density at radius 3 is 1.18 bits per heavy atom. The molecular weight excluding hydrogens is 446 g/mol. The zero-order chi connectivity index (χ0) is 24.8. The molecule has 3 heterocycles. The van der Waals surface area contributed by atoms with E-state index in [0.29, 0.717) is 12.1 Å². The molecule has 0 amide bonds. The van der Waals surface area contributed by atoms with Crippen molar-refractivity contribution in [2.45, 2.75) is 51.4 Å². The van der Waals surface area contributed by atoms with Gasteiger partial charge in [0.05, 0.1) is 58.8 Å². The van der Waals surface area contributed by atoms with E-state index in [1.54, 1.807) is 0 Å². The van der Waals surface area contributed by atoms with Crippen LogP contribution in [0.15, 0.2) is 12.1 Å². The zero-order valence-corrected chi connectivity index (χ0v) is 19.6. The van der Waals surface area contributed by atoms with Crippen LogP contribution in [0.3, 0.4) is 0 Å². The van der Waals surface area contributed by atoms with Crippen LogP contribution in [0.2, 0.25) is 0 Å². The van der Waals surface area contributed by atoms with Crippen LogP contribution in [0.25, 0.3) is 0 Å². The van der Waals surface area contributed by atoms with Gasteiger partial charge in [0.1, 0.15) is 26.2 Å². The molecule has 12 nitrogen and oxygen atoms in total. The van der Waals surface area contributed by atoms with Crippen molar-refractivity contribution in [3.8, 4) is 5.75 Å². The number of nitro benzene ring substituents is 3. The van der Waals surface area contributed by atoms with Crippen LogP contribution in [0.5, 0.6) is 5.75 Å². The molecule has 3 saturated heterocycles. The molecule has 1 aromatic rings. The molecule has 0 atom stereocenters. The minimum Gasteiger partial charge on any atom is -0.863 e. The van der Waals surface area contributed by atoms with Gasteiger partial charge in [0, 0.05) is 0 Å². The molecule has 3 fully saturated rings. The van der Waals surface area contributed by atoms with Crippen LogP contribution in [0, 0.1) is 30.3 Å². The lowest BCUT2D eigenvalue weighted by Gasteiger charge is -2.51. The Labute approximate surface area is 198 Å². The van der Waals surface area contributed by atoms with Gasteiger partial charge < -0.3 is 14.1 Å². The topological polar surface area (TPSA) is 152 Å². The highest BCUT2D eigenvalue weighted by atomic mass is 16.6. The highest BCUT2D eigenvalue weighted by molar-refractivity contribution is 5.63. The van der Waals surface area contributed by atoms with Crippen LogP contribution < -0.4 is 5.11 Å². The molecule has 1 aromatic carbocycles. The largest absolute Gasteiger partial charge is 0.863 e. The van der Waals surface area contributed by atoms with Gasteiger partial charge in [-0.3, -0.25) is 30.3 Å². The van der Waals surface area contributed by atoms with Crippen molar-refractivity contribution < 1.29 is 28.8 Å². The van der Waals surface area contributed by atoms with Gasteiger partial charge in [-0.05, 0) is 44.9 Å². The molecule has 3 aliphatic heterocycles. The highest BCUT2D eigenvalue weighted by Crippen LogP contribution is 2.37. The second-order valence-electron chi connectivity index (χ2n) is 9.89. The first-order chi connectivity index (χ1) is 16.2. The molecule has 0 N–H and O–H groups in total. The van der Waals surface area contributed by atoms with Gasteiger partial charge >= 0.3 is 0 Å². The lowest BCUT2D eigenvalue weighted by molar-refractivity contribution is -1.03. The summed E-state index contributed by atoms with van der Waals surface area (Å²) in [5, 5.41) is 42.1. The Kier molecular flexibility index (Phi) is 8.37. The third kappa shape index (κ3) is 6.17. The maximum absolute atomic E-state index is 11.1. The number of piperazine rings is 1. The van der Waals surface area contributed by atoms with Gasteiger partial charge in [-0.2, -0.15) is 0 Å². The average molecular weight is 481 g/mol. The van der Waals surface area contributed by atoms with E-state index in [1.165, 1.54) is 113 Å². The number of rotatable bonds is 3. The summed E-state index contributed by atoms with van der Waals surface area (Å²) in [5.41, 5.74) is -3.26. The summed E-state index contributed by atoms with van der Waals surface area (Å²) in [6, 6.07) is 0.769. The van der Waals surface area contributed by atoms with Crippen molar-refractivity contribution in [2.24, 2.45) is 0 Å². The summed E-state index contributed by atoms with van der Waals surface area (Å²) in [5.74, 6) is -1.46. The number of piperidine rings is 1. The Bertz CT molecular complexity index is 862. The molecule has 2 spiro atoms. The second kappa shape index (κ2) is 11.0. The van der Waals surface area contributed by atoms with E-state index in [9.17, 15) is 35.4 Å². The predicted octanol–water partition coefficient (Wildman–Crippen LogP) is 3.27. The highest BCUT2D eigenvalue weighted by Gasteiger charge is 2.42. The first-order valence-corrected chi connectivity index (χ1v) is 12.2. The van der Waals surface area contributed by atoms with Crippen molar-refractivity contribution in [1.82, 2.24) is 0 Å². The van der Waals surface area contributed by atoms with Crippen LogP contribution >= 0.6 is 0 Å². The second-order valence-corrected chi connectivity index (χ2v) is 9.89. The summed E-state index contributed by atoms with van der Waals surface area (Å²) in [4.78, 5) is 27.5. The fourth-order valence-electron chi connectivity index (χ4n) is 5.65. The van der Waals surface area contributed by atoms with Crippen molar-refractivity contribution in [2.75, 3.05) is 52.4 Å². The van der Waals surface area contributed by atoms with Crippen molar-refractivity contribution in [3.63, 3.8) is 0 Å². The average Bonchev–Trinajstić information content (AvgIpc) is 2.79. The maximum Gasteiger partial charge on any atom is 0.283 e. The lowest BCUT2D eigenvalue weighted by Crippen LogP contribution is -2.68. The van der Waals surface area contributed by atoms with Gasteiger partial charge in [-0.1, -0.05) is 6.42 Å². The van der Waals surface area contributed by atoms with Crippen LogP contribution in [-0.2, 0) is 0 Å². The minimum absolute atomic E-state index is 0.384. The molecule has 0 saturated carbocycles. The number of nitro groups is 3. The number of quaternary nitrogens is 2. The molecule has 0 unspecified atom stereocenters. The van der Waals surface area contributed by atoms with Crippen LogP contribution in [0.4, 0.5) is 17.1 Å². The van der Waals surface area contributed by atoms with E-state index < -0.39 is 37.6 Å². The Hall–Kier alpha value is -2.86. The third-order valence-electron chi connectivity index (χ3n) is 7.77. The first-order valence-electron chi connectivity index (χ1n) is 12.2. The quantitative estimate of drug-likeness (QED) is 0.365. The molecule has 0 bridgehead atoms. The van der Waals surface area contributed by atoms with Gasteiger partial charge in [0.2, 0.25) is 0 Å². The summed E-state index contributed by atoms with van der Waals surface area (Å²) in [6.07, 6.45) is 12.0. The van der Waals surface area contributed by atoms with Crippen molar-refractivity contribution in [1.29, 1.82) is 0 Å². The Balaban J connectivity index is 0.000000192. The van der Waals surface area contributed by atoms with Gasteiger partial charge in [0.15, 0.2) is 0 Å². The van der Waals surface area contributed by atoms with E-state index >= 15 is 0 Å². The van der Waals surface area contributed by atoms with Crippen LogP contribution in [-0.4, -0.2) is 76.1 Å². The molecule has 12 heteroatoms. The maximum atomic E-state index is 11.1. The summed E-state index contributed by atoms with van der Waals surface area (Å²) < 4.78 is 3.00. The minimum atomic E-state index is -1.46. The van der Waals surface area contributed by atoms with Crippen molar-refractivity contribution >= 4 is 17.1 Å². The molecular formula is C22H34N5O7+. The molecule has 34 heavy (non-hydrogen) atoms. The molecule has 4 rings (SSSR count). The van der Waals surface area contributed by atoms with E-state index in [1.807, 2.05) is 0 Å². The van der Waals surface area contributed by atoms with Gasteiger partial charge in [-0.15, -0.1) is 0 Å². The fourth-order valence-corrected chi connectivity index (χ4v) is 5.65. The Morgan fingerprint density at radius 2 is 0.853 bits per heavy atom. The molecule has 188 valence electrons. The SMILES string of the molecule is C1CCC[N+]2(CCC1)CC[N+]1(CCCCC1)CC2.O=[N+]([O-])c1cc([N+](=O)[O-])c([O-])c([N+](=O)[O-])c1. The summed E-state index contributed by atoms with van der Waals surface area (Å²) in [7, 11) is 0. The van der Waals surface area contributed by atoms with E-state index in [4.69, 9.17) is 0 Å². The molecule has 3 aliphatic rings. The number of benzene rings is 1. The number of hydrogen-bond donors (Lipinski definition) is 0. The number of non-ortho nitro benzene ring substituents is 1. The smallest absolute Gasteiger partial charge is 0.283 e. The molecule has 0 aliphatic carbocycles. The van der Waals surface area contributed by atoms with Gasteiger partial charge in [0.25, 0.3) is 17.1 Å². The van der Waals surface area contributed by atoms with E-state index in [-0.39, 0.29) is 0 Å². The number of hydrogen-bond acceptors (Lipinski definition) is 7. The van der Waals surface area contributed by atoms with E-state index in [2.05, 4.69) is 0 Å². The van der Waals surface area contributed by atoms with Crippen molar-refractivity contribution in [3.05, 3.63) is 42.5 Å². The standard InChI is InChI=1S/C16H32N2.C6H3N3O7/c1-2-5-9-17(10-6-3-1)13-15-18(16-14-17)11-7-4-8-12-18;10-6-4(8(13)14)1-3(7(11)12)2-5(6)9(15)16/h1-16H2;1-2,10H/q+2;/p-1. The van der Waals surface area contributed by atoms with Gasteiger partial charge in [-0.25, -0.2) is 0 Å². The first kappa shape index (κ1) is 25.8.